The Morgan fingerprint density at radius 3 is 1.14 bits per heavy atom. The number of hydrogen-bond acceptors (Lipinski definition) is 1. The van der Waals surface area contributed by atoms with Crippen molar-refractivity contribution in [2.75, 3.05) is 0 Å². The zero-order valence-corrected chi connectivity index (χ0v) is 16.5. The van der Waals surface area contributed by atoms with Crippen LogP contribution in [0.3, 0.4) is 0 Å². The summed E-state index contributed by atoms with van der Waals surface area (Å²) in [7, 11) is 0. The summed E-state index contributed by atoms with van der Waals surface area (Å²) in [5.74, 6) is 0. The Morgan fingerprint density at radius 1 is 0.476 bits per heavy atom. The molecule has 0 N–H and O–H groups in total. The molecule has 0 aromatic heterocycles. The highest BCUT2D eigenvalue weighted by Gasteiger charge is 2.18. The molecule has 9 heteroatoms. The van der Waals surface area contributed by atoms with Gasteiger partial charge in [-0.15, -0.1) is 0 Å². The molecule has 0 saturated heterocycles. The molecule has 0 nitrogen and oxygen atoms in total. The highest BCUT2D eigenvalue weighted by molar-refractivity contribution is 7.99. The van der Waals surface area contributed by atoms with Crippen molar-refractivity contribution in [2.24, 2.45) is 0 Å². The van der Waals surface area contributed by atoms with Crippen molar-refractivity contribution < 1.29 is 0 Å². The molecule has 0 unspecified atom stereocenters. The highest BCUT2D eigenvalue weighted by atomic mass is 35.5. The van der Waals surface area contributed by atoms with Crippen LogP contribution in [0.2, 0.25) is 40.2 Å². The summed E-state index contributed by atoms with van der Waals surface area (Å²) in [6.45, 7) is 0. The van der Waals surface area contributed by atoms with Crippen LogP contribution in [-0.4, -0.2) is 0 Å². The molecule has 0 fully saturated rings. The molecule has 0 saturated carbocycles. The number of hydrogen-bond donors (Lipinski definition) is 0. The Labute approximate surface area is 165 Å². The minimum absolute atomic E-state index is 0.163. The second kappa shape index (κ2) is 7.34. The van der Waals surface area contributed by atoms with E-state index in [-0.39, 0.29) is 40.2 Å². The summed E-state index contributed by atoms with van der Waals surface area (Å²) < 4.78 is 0. The lowest BCUT2D eigenvalue weighted by atomic mass is 10.3. The highest BCUT2D eigenvalue weighted by Crippen LogP contribution is 2.48. The quantitative estimate of drug-likeness (QED) is 0.317. The summed E-state index contributed by atoms with van der Waals surface area (Å²) in [5.41, 5.74) is 0. The lowest BCUT2D eigenvalue weighted by Gasteiger charge is -2.12. The molecule has 2 aromatic carbocycles. The van der Waals surface area contributed by atoms with Gasteiger partial charge in [-0.2, -0.15) is 0 Å². The van der Waals surface area contributed by atoms with Crippen LogP contribution in [0, 0.1) is 0 Å². The van der Waals surface area contributed by atoms with Crippen LogP contribution >= 0.6 is 105 Å². The Balaban J connectivity index is 2.54. The van der Waals surface area contributed by atoms with Crippen LogP contribution in [0.15, 0.2) is 21.9 Å². The second-order valence-electron chi connectivity index (χ2n) is 3.70. The molecule has 0 aliphatic carbocycles. The van der Waals surface area contributed by atoms with Gasteiger partial charge in [0.2, 0.25) is 0 Å². The van der Waals surface area contributed by atoms with Gasteiger partial charge in [0, 0.05) is 9.79 Å². The van der Waals surface area contributed by atoms with Crippen molar-refractivity contribution in [3.8, 4) is 0 Å². The van der Waals surface area contributed by atoms with Gasteiger partial charge < -0.3 is 0 Å². The Bertz CT molecular complexity index is 667. The molecule has 0 amide bonds. The largest absolute Gasteiger partial charge is 0.0867 e. The first-order chi connectivity index (χ1) is 9.73. The van der Waals surface area contributed by atoms with Gasteiger partial charge in [0.25, 0.3) is 0 Å². The van der Waals surface area contributed by atoms with Crippen molar-refractivity contribution in [3.63, 3.8) is 0 Å². The first-order valence-corrected chi connectivity index (χ1v) is 8.92. The lowest BCUT2D eigenvalue weighted by molar-refractivity contribution is 1.40. The predicted molar refractivity (Wildman–Crippen MR) is 97.1 cm³/mol. The molecule has 2 aromatic rings. The number of benzene rings is 2. The molecule has 21 heavy (non-hydrogen) atoms. The van der Waals surface area contributed by atoms with Crippen LogP contribution in [0.4, 0.5) is 0 Å². The molecule has 112 valence electrons. The zero-order chi connectivity index (χ0) is 15.9. The minimum atomic E-state index is 0.163. The normalized spacial score (nSPS) is 11.0. The van der Waals surface area contributed by atoms with E-state index in [2.05, 4.69) is 0 Å². The van der Waals surface area contributed by atoms with Gasteiger partial charge in [0.1, 0.15) is 0 Å². The fourth-order valence-electron chi connectivity index (χ4n) is 1.37. The van der Waals surface area contributed by atoms with Crippen LogP contribution < -0.4 is 0 Å². The van der Waals surface area contributed by atoms with Gasteiger partial charge in [-0.05, 0) is 12.1 Å². The van der Waals surface area contributed by atoms with Gasteiger partial charge in [-0.3, -0.25) is 0 Å². The minimum Gasteiger partial charge on any atom is -0.0867 e. The topological polar surface area (TPSA) is 0 Å². The van der Waals surface area contributed by atoms with Gasteiger partial charge in [0.05, 0.1) is 40.2 Å². The van der Waals surface area contributed by atoms with E-state index >= 15 is 0 Å². The van der Waals surface area contributed by atoms with Gasteiger partial charge in [0.15, 0.2) is 0 Å². The SMILES string of the molecule is Clc1cc(Sc2cc(Cl)c(Cl)c(Cl)c2Cl)c(Cl)c(Cl)c1Cl. The first kappa shape index (κ1) is 18.4. The maximum atomic E-state index is 6.15. The van der Waals surface area contributed by atoms with Crippen LogP contribution in [0.1, 0.15) is 0 Å². The fourth-order valence-corrected chi connectivity index (χ4v) is 4.42. The van der Waals surface area contributed by atoms with Crippen molar-refractivity contribution in [1.29, 1.82) is 0 Å². The van der Waals surface area contributed by atoms with Gasteiger partial charge in [-0.25, -0.2) is 0 Å². The Kier molecular flexibility index (Phi) is 6.45. The lowest BCUT2D eigenvalue weighted by Crippen LogP contribution is -1.84. The molecular formula is C12H2Cl8S. The van der Waals surface area contributed by atoms with E-state index in [0.717, 1.165) is 0 Å². The van der Waals surface area contributed by atoms with Crippen LogP contribution in [-0.2, 0) is 0 Å². The summed E-state index contributed by atoms with van der Waals surface area (Å²) in [5, 5.41) is 1.76. The second-order valence-corrected chi connectivity index (χ2v) is 7.86. The van der Waals surface area contributed by atoms with Crippen molar-refractivity contribution in [3.05, 3.63) is 52.3 Å². The first-order valence-electron chi connectivity index (χ1n) is 5.07. The summed E-state index contributed by atoms with van der Waals surface area (Å²) in [4.78, 5) is 1.12. The van der Waals surface area contributed by atoms with E-state index in [1.54, 1.807) is 12.1 Å². The van der Waals surface area contributed by atoms with E-state index in [1.807, 2.05) is 0 Å². The molecular weight excluding hydrogens is 460 g/mol. The van der Waals surface area contributed by atoms with E-state index in [0.29, 0.717) is 9.79 Å². The average molecular weight is 462 g/mol. The molecule has 0 radical (unpaired) electrons. The Hall–Kier alpha value is 1.11. The molecule has 0 spiro atoms. The van der Waals surface area contributed by atoms with E-state index in [4.69, 9.17) is 92.8 Å². The smallest absolute Gasteiger partial charge is 0.0805 e. The zero-order valence-electron chi connectivity index (χ0n) is 9.59. The monoisotopic (exact) mass is 458 g/mol. The maximum absolute atomic E-state index is 6.15. The molecule has 2 rings (SSSR count). The summed E-state index contributed by atoms with van der Waals surface area (Å²) in [6, 6.07) is 3.16. The number of rotatable bonds is 2. The van der Waals surface area contributed by atoms with E-state index < -0.39 is 0 Å². The summed E-state index contributed by atoms with van der Waals surface area (Å²) >= 11 is 49.3. The standard InChI is InChI=1S/C12H2Cl8S/c13-3-1-5(9(17)11(19)7(3)15)21-6-2-4(14)8(16)12(20)10(6)18/h1-2H. The molecule has 0 heterocycles. The van der Waals surface area contributed by atoms with Gasteiger partial charge in [-0.1, -0.05) is 105 Å². The van der Waals surface area contributed by atoms with Crippen molar-refractivity contribution in [2.45, 2.75) is 9.79 Å². The third-order valence-corrected chi connectivity index (χ3v) is 7.17. The molecule has 0 aliphatic heterocycles. The van der Waals surface area contributed by atoms with Crippen LogP contribution in [0.5, 0.6) is 0 Å². The predicted octanol–water partition coefficient (Wildman–Crippen LogP) is 9.06. The third kappa shape index (κ3) is 3.79. The average Bonchev–Trinajstić information content (AvgIpc) is 2.45. The summed E-state index contributed by atoms with van der Waals surface area (Å²) in [6.07, 6.45) is 0. The third-order valence-electron chi connectivity index (χ3n) is 2.36. The van der Waals surface area contributed by atoms with Crippen molar-refractivity contribution >= 4 is 105 Å². The van der Waals surface area contributed by atoms with E-state index in [1.165, 1.54) is 11.8 Å². The van der Waals surface area contributed by atoms with E-state index in [9.17, 15) is 0 Å². The van der Waals surface area contributed by atoms with Crippen molar-refractivity contribution in [1.82, 2.24) is 0 Å². The number of halogens is 8. The van der Waals surface area contributed by atoms with Crippen LogP contribution in [0.25, 0.3) is 0 Å². The van der Waals surface area contributed by atoms with Gasteiger partial charge >= 0.3 is 0 Å². The molecule has 0 bridgehead atoms. The molecule has 0 atom stereocenters. The fraction of sp³-hybridized carbons (Fsp3) is 0. The Morgan fingerprint density at radius 2 is 0.810 bits per heavy atom. The maximum Gasteiger partial charge on any atom is 0.0805 e. The molecule has 0 aliphatic rings.